The molecule has 0 aliphatic carbocycles. The summed E-state index contributed by atoms with van der Waals surface area (Å²) in [4.78, 5) is 39.2. The maximum absolute atomic E-state index is 12.8. The number of aliphatic carboxylic acids is 2. The summed E-state index contributed by atoms with van der Waals surface area (Å²) in [6, 6.07) is 7.98. The van der Waals surface area contributed by atoms with Gasteiger partial charge in [-0.05, 0) is 56.5 Å². The van der Waals surface area contributed by atoms with Crippen LogP contribution in [-0.4, -0.2) is 81.4 Å². The number of hydrogen-bond donors (Lipinski definition) is 2. The number of halogens is 6. The topological polar surface area (TPSA) is 124 Å². The van der Waals surface area contributed by atoms with Gasteiger partial charge >= 0.3 is 24.3 Å². The highest BCUT2D eigenvalue weighted by Gasteiger charge is 2.42. The van der Waals surface area contributed by atoms with Gasteiger partial charge in [0.1, 0.15) is 11.5 Å². The fourth-order valence-corrected chi connectivity index (χ4v) is 4.50. The van der Waals surface area contributed by atoms with Crippen molar-refractivity contribution in [2.45, 2.75) is 51.5 Å². The van der Waals surface area contributed by atoms with E-state index in [2.05, 4.69) is 20.9 Å². The number of carboxylic acids is 2. The third kappa shape index (κ3) is 10.5. The summed E-state index contributed by atoms with van der Waals surface area (Å²) in [6.07, 6.45) is -2.68. The Morgan fingerprint density at radius 2 is 1.60 bits per heavy atom. The maximum Gasteiger partial charge on any atom is 0.490 e. The molecule has 0 aromatic carbocycles. The normalized spacial score (nSPS) is 19.3. The number of carbonyl (C=O) groups is 3. The highest BCUT2D eigenvalue weighted by molar-refractivity contribution is 5.78. The van der Waals surface area contributed by atoms with Crippen LogP contribution in [0.2, 0.25) is 0 Å². The second-order valence-corrected chi connectivity index (χ2v) is 9.54. The van der Waals surface area contributed by atoms with Crippen molar-refractivity contribution in [2.24, 2.45) is 5.41 Å². The highest BCUT2D eigenvalue weighted by atomic mass is 19.4. The Labute approximate surface area is 225 Å². The first-order valence-corrected chi connectivity index (χ1v) is 12.1. The van der Waals surface area contributed by atoms with E-state index in [9.17, 15) is 31.1 Å². The molecule has 40 heavy (non-hydrogen) atoms. The van der Waals surface area contributed by atoms with Gasteiger partial charge in [0.25, 0.3) is 0 Å². The van der Waals surface area contributed by atoms with Gasteiger partial charge < -0.3 is 19.5 Å². The fourth-order valence-electron chi connectivity index (χ4n) is 4.50. The summed E-state index contributed by atoms with van der Waals surface area (Å²) in [5.74, 6) is -3.27. The van der Waals surface area contributed by atoms with Crippen LogP contribution in [0.5, 0.6) is 0 Å². The quantitative estimate of drug-likeness (QED) is 0.513. The van der Waals surface area contributed by atoms with Crippen LogP contribution in [0.3, 0.4) is 0 Å². The zero-order valence-corrected chi connectivity index (χ0v) is 21.5. The largest absolute Gasteiger partial charge is 0.490 e. The molecule has 2 aliphatic rings. The van der Waals surface area contributed by atoms with Crippen molar-refractivity contribution in [3.63, 3.8) is 0 Å². The lowest BCUT2D eigenvalue weighted by Gasteiger charge is -2.40. The smallest absolute Gasteiger partial charge is 0.475 e. The molecule has 0 bridgehead atoms. The maximum atomic E-state index is 12.8. The molecule has 2 fully saturated rings. The molecule has 4 rings (SSSR count). The van der Waals surface area contributed by atoms with Crippen LogP contribution in [0, 0.1) is 12.3 Å². The van der Waals surface area contributed by atoms with Gasteiger partial charge in [-0.3, -0.25) is 14.7 Å². The Bertz CT molecular complexity index is 1110. The minimum Gasteiger partial charge on any atom is -0.475 e. The number of nitrogens with zero attached hydrogens (tertiary/aromatic N) is 3. The second kappa shape index (κ2) is 13.6. The number of furan rings is 1. The first-order chi connectivity index (χ1) is 18.5. The van der Waals surface area contributed by atoms with Gasteiger partial charge in [-0.25, -0.2) is 9.59 Å². The van der Waals surface area contributed by atoms with Crippen LogP contribution in [-0.2, 0) is 27.3 Å². The van der Waals surface area contributed by atoms with Crippen LogP contribution in [0.1, 0.15) is 36.3 Å². The lowest BCUT2D eigenvalue weighted by molar-refractivity contribution is -0.193. The first-order valence-electron chi connectivity index (χ1n) is 12.1. The first kappa shape index (κ1) is 32.6. The lowest BCUT2D eigenvalue weighted by atomic mass is 9.79. The number of rotatable bonds is 4. The van der Waals surface area contributed by atoms with Crippen molar-refractivity contribution in [1.29, 1.82) is 0 Å². The number of aromatic nitrogens is 1. The SMILES string of the molecule is Cc1ccc(CN2CCC3(CCCN(C(=O)Cc4cccnc4)C3)C2)o1.O=C(O)C(F)(F)F.O=C(O)C(F)(F)F. The van der Waals surface area contributed by atoms with E-state index in [4.69, 9.17) is 24.2 Å². The number of piperidine rings is 1. The van der Waals surface area contributed by atoms with E-state index >= 15 is 0 Å². The van der Waals surface area contributed by atoms with Gasteiger partial charge in [0.05, 0.1) is 13.0 Å². The van der Waals surface area contributed by atoms with E-state index in [1.54, 1.807) is 12.4 Å². The zero-order valence-electron chi connectivity index (χ0n) is 21.5. The molecule has 2 aromatic rings. The van der Waals surface area contributed by atoms with Crippen molar-refractivity contribution in [3.8, 4) is 0 Å². The number of carbonyl (C=O) groups excluding carboxylic acids is 1. The average molecular weight is 582 g/mol. The molecule has 15 heteroatoms. The minimum absolute atomic E-state index is 0.234. The van der Waals surface area contributed by atoms with Crippen LogP contribution >= 0.6 is 0 Å². The summed E-state index contributed by atoms with van der Waals surface area (Å²) in [6.45, 7) is 6.78. The number of hydrogen-bond acceptors (Lipinski definition) is 6. The highest BCUT2D eigenvalue weighted by Crippen LogP contribution is 2.39. The molecule has 0 radical (unpaired) electrons. The molecule has 1 amide bonds. The van der Waals surface area contributed by atoms with Gasteiger partial charge in [0.2, 0.25) is 5.91 Å². The van der Waals surface area contributed by atoms with E-state index < -0.39 is 24.3 Å². The van der Waals surface area contributed by atoms with Crippen molar-refractivity contribution >= 4 is 17.8 Å². The van der Waals surface area contributed by atoms with Gasteiger partial charge in [0.15, 0.2) is 0 Å². The summed E-state index contributed by atoms with van der Waals surface area (Å²) < 4.78 is 69.2. The molecular weight excluding hydrogens is 552 g/mol. The third-order valence-electron chi connectivity index (χ3n) is 6.27. The van der Waals surface area contributed by atoms with Gasteiger partial charge in [-0.1, -0.05) is 6.07 Å². The zero-order chi connectivity index (χ0) is 30.1. The number of alkyl halides is 6. The van der Waals surface area contributed by atoms with E-state index in [0.29, 0.717) is 6.42 Å². The molecule has 9 nitrogen and oxygen atoms in total. The van der Waals surface area contributed by atoms with Crippen LogP contribution < -0.4 is 0 Å². The van der Waals surface area contributed by atoms with Crippen LogP contribution in [0.25, 0.3) is 0 Å². The van der Waals surface area contributed by atoms with Crippen molar-refractivity contribution in [1.82, 2.24) is 14.8 Å². The number of likely N-dealkylation sites (tertiary alicyclic amines) is 2. The van der Waals surface area contributed by atoms with Crippen LogP contribution in [0.15, 0.2) is 41.1 Å². The summed E-state index contributed by atoms with van der Waals surface area (Å²) in [7, 11) is 0. The summed E-state index contributed by atoms with van der Waals surface area (Å²) in [5, 5.41) is 14.2. The fraction of sp³-hybridized carbons (Fsp3) is 0.520. The molecule has 2 aliphatic heterocycles. The molecule has 2 N–H and O–H groups in total. The van der Waals surface area contributed by atoms with Gasteiger partial charge in [-0.2, -0.15) is 26.3 Å². The van der Waals surface area contributed by atoms with E-state index in [-0.39, 0.29) is 11.3 Å². The molecule has 1 spiro atoms. The Kier molecular flexibility index (Phi) is 11.1. The number of aryl methyl sites for hydroxylation is 1. The minimum atomic E-state index is -5.08. The van der Waals surface area contributed by atoms with Crippen molar-refractivity contribution in [3.05, 3.63) is 53.7 Å². The molecule has 4 heterocycles. The molecule has 1 unspecified atom stereocenters. The number of amides is 1. The predicted octanol–water partition coefficient (Wildman–Crippen LogP) is 4.31. The Balaban J connectivity index is 0.000000333. The van der Waals surface area contributed by atoms with Crippen molar-refractivity contribution < 1.29 is 55.4 Å². The van der Waals surface area contributed by atoms with Crippen molar-refractivity contribution in [2.75, 3.05) is 26.2 Å². The molecule has 222 valence electrons. The summed E-state index contributed by atoms with van der Waals surface area (Å²) >= 11 is 0. The number of carboxylic acid groups (broad SMARTS) is 2. The third-order valence-corrected chi connectivity index (χ3v) is 6.27. The van der Waals surface area contributed by atoms with E-state index in [0.717, 1.165) is 56.2 Å². The molecular formula is C25H29F6N3O6. The Morgan fingerprint density at radius 1 is 0.975 bits per heavy atom. The molecule has 1 atom stereocenters. The van der Waals surface area contributed by atoms with Crippen LogP contribution in [0.4, 0.5) is 26.3 Å². The van der Waals surface area contributed by atoms with E-state index in [1.807, 2.05) is 25.1 Å². The van der Waals surface area contributed by atoms with Gasteiger partial charge in [-0.15, -0.1) is 0 Å². The summed E-state index contributed by atoms with van der Waals surface area (Å²) in [5.41, 5.74) is 1.25. The van der Waals surface area contributed by atoms with Gasteiger partial charge in [0, 0.05) is 37.4 Å². The number of pyridine rings is 1. The van der Waals surface area contributed by atoms with E-state index in [1.165, 1.54) is 12.8 Å². The monoisotopic (exact) mass is 581 g/mol. The molecule has 2 saturated heterocycles. The standard InChI is InChI=1S/C21H27N3O2.2C2HF3O2/c1-17-5-6-19(26-17)14-23-11-8-21(15-23)7-3-10-24(16-21)20(25)12-18-4-2-9-22-13-18;2*3-2(4,5)1(6)7/h2,4-6,9,13H,3,7-8,10-12,14-16H2,1H3;2*(H,6,7). The average Bonchev–Trinajstić information content (AvgIpc) is 3.44. The Morgan fingerprint density at radius 3 is 2.10 bits per heavy atom. The predicted molar refractivity (Wildman–Crippen MR) is 127 cm³/mol. The lowest BCUT2D eigenvalue weighted by Crippen LogP contribution is -2.47. The molecule has 0 saturated carbocycles. The second-order valence-electron chi connectivity index (χ2n) is 9.54. The molecule has 2 aromatic heterocycles. The Hall–Kier alpha value is -3.62.